The Morgan fingerprint density at radius 1 is 0.568 bits per heavy atom. The van der Waals surface area contributed by atoms with Gasteiger partial charge in [0.2, 0.25) is 0 Å². The average molecular weight is 612 g/mol. The Kier molecular flexibility index (Phi) is 11.3. The number of hydrogen-bond acceptors (Lipinski definition) is 3. The second-order valence-electron chi connectivity index (χ2n) is 13.6. The summed E-state index contributed by atoms with van der Waals surface area (Å²) in [6.07, 6.45) is 0.770. The van der Waals surface area contributed by atoms with Gasteiger partial charge in [-0.3, -0.25) is 0 Å². The monoisotopic (exact) mass is 611 g/mol. The fraction of sp³-hybridized carbons (Fsp3) is 0.400. The SMILES string of the molecule is CCC(C)c1ccc(OC(C)OCCOc2ccc([S+](c3ccc(C(C)(C)C)cc3)c3ccc(C(C)(C)C)cc3)cc2)cc1. The molecule has 0 aliphatic heterocycles. The Balaban J connectivity index is 1.39. The van der Waals surface area contributed by atoms with Crippen molar-refractivity contribution >= 4 is 10.9 Å². The van der Waals surface area contributed by atoms with E-state index in [1.807, 2.05) is 19.1 Å². The molecule has 4 heteroatoms. The van der Waals surface area contributed by atoms with E-state index in [2.05, 4.69) is 140 Å². The van der Waals surface area contributed by atoms with Crippen LogP contribution in [0.1, 0.15) is 91.3 Å². The van der Waals surface area contributed by atoms with Gasteiger partial charge in [-0.2, -0.15) is 0 Å². The first-order valence-electron chi connectivity index (χ1n) is 15.9. The summed E-state index contributed by atoms with van der Waals surface area (Å²) in [4.78, 5) is 3.89. The minimum absolute atomic E-state index is 0.122. The summed E-state index contributed by atoms with van der Waals surface area (Å²) in [5, 5.41) is 0. The van der Waals surface area contributed by atoms with Crippen molar-refractivity contribution in [3.05, 3.63) is 114 Å². The van der Waals surface area contributed by atoms with Crippen LogP contribution in [0, 0.1) is 0 Å². The molecule has 4 rings (SSSR count). The smallest absolute Gasteiger partial charge is 0.197 e. The highest BCUT2D eigenvalue weighted by atomic mass is 32.2. The highest BCUT2D eigenvalue weighted by Crippen LogP contribution is 2.35. The first kappa shape index (κ1) is 33.7. The molecule has 234 valence electrons. The van der Waals surface area contributed by atoms with Crippen LogP contribution in [0.3, 0.4) is 0 Å². The Labute approximate surface area is 269 Å². The quantitative estimate of drug-likeness (QED) is 0.0906. The summed E-state index contributed by atoms with van der Waals surface area (Å²) >= 11 is 0. The number of ether oxygens (including phenoxy) is 3. The lowest BCUT2D eigenvalue weighted by molar-refractivity contribution is -0.0739. The fourth-order valence-electron chi connectivity index (χ4n) is 4.97. The van der Waals surface area contributed by atoms with E-state index in [4.69, 9.17) is 14.2 Å². The molecule has 0 heterocycles. The second-order valence-corrected chi connectivity index (χ2v) is 15.6. The van der Waals surface area contributed by atoms with Gasteiger partial charge in [0, 0.05) is 0 Å². The largest absolute Gasteiger partial charge is 0.491 e. The number of benzene rings is 4. The standard InChI is InChI=1S/C40H51O3S/c1-10-29(2)31-11-17-35(18-12-31)43-30(3)41-27-28-42-34-19-25-38(26-20-34)44(36-21-13-32(14-22-36)39(4,5)6)37-23-15-33(16-24-37)40(7,8)9/h11-26,29-30H,10,27-28H2,1-9H3/q+1. The van der Waals surface area contributed by atoms with Crippen LogP contribution in [0.15, 0.2) is 112 Å². The zero-order valence-corrected chi connectivity index (χ0v) is 29.0. The molecule has 3 nitrogen and oxygen atoms in total. The highest BCUT2D eigenvalue weighted by Gasteiger charge is 2.30. The number of rotatable bonds is 12. The first-order valence-corrected chi connectivity index (χ1v) is 17.1. The topological polar surface area (TPSA) is 27.7 Å². The van der Waals surface area contributed by atoms with Crippen LogP contribution < -0.4 is 9.47 Å². The van der Waals surface area contributed by atoms with Crippen LogP contribution in [0.5, 0.6) is 11.5 Å². The van der Waals surface area contributed by atoms with E-state index in [0.29, 0.717) is 19.1 Å². The number of hydrogen-bond donors (Lipinski definition) is 0. The third-order valence-corrected chi connectivity index (χ3v) is 10.3. The van der Waals surface area contributed by atoms with E-state index in [-0.39, 0.29) is 28.0 Å². The molecule has 0 amide bonds. The normalized spacial score (nSPS) is 13.5. The van der Waals surface area contributed by atoms with Crippen molar-refractivity contribution in [1.29, 1.82) is 0 Å². The predicted molar refractivity (Wildman–Crippen MR) is 186 cm³/mol. The maximum Gasteiger partial charge on any atom is 0.197 e. The van der Waals surface area contributed by atoms with Gasteiger partial charge < -0.3 is 14.2 Å². The van der Waals surface area contributed by atoms with E-state index in [1.54, 1.807) is 0 Å². The van der Waals surface area contributed by atoms with Crippen LogP contribution in [0.25, 0.3) is 0 Å². The zero-order chi connectivity index (χ0) is 31.9. The van der Waals surface area contributed by atoms with Crippen molar-refractivity contribution in [2.24, 2.45) is 0 Å². The molecule has 0 saturated heterocycles. The first-order chi connectivity index (χ1) is 20.8. The molecule has 0 aliphatic rings. The lowest BCUT2D eigenvalue weighted by Gasteiger charge is -2.20. The van der Waals surface area contributed by atoms with Gasteiger partial charge in [0.05, 0.1) is 17.5 Å². The molecule has 0 N–H and O–H groups in total. The van der Waals surface area contributed by atoms with Crippen LogP contribution >= 0.6 is 0 Å². The molecule has 0 spiro atoms. The van der Waals surface area contributed by atoms with Crippen molar-refractivity contribution in [3.63, 3.8) is 0 Å². The minimum atomic E-state index is -0.355. The van der Waals surface area contributed by atoms with Gasteiger partial charge in [-0.05, 0) is 107 Å². The van der Waals surface area contributed by atoms with Crippen LogP contribution in [0.4, 0.5) is 0 Å². The van der Waals surface area contributed by atoms with Crippen molar-refractivity contribution < 1.29 is 14.2 Å². The molecule has 0 fully saturated rings. The summed E-state index contributed by atoms with van der Waals surface area (Å²) in [6, 6.07) is 35.2. The van der Waals surface area contributed by atoms with Gasteiger partial charge in [0.15, 0.2) is 21.0 Å². The van der Waals surface area contributed by atoms with E-state index in [9.17, 15) is 0 Å². The molecular formula is C40H51O3S+. The van der Waals surface area contributed by atoms with Gasteiger partial charge in [0.1, 0.15) is 18.1 Å². The molecule has 4 aromatic carbocycles. The average Bonchev–Trinajstić information content (AvgIpc) is 3.00. The van der Waals surface area contributed by atoms with Gasteiger partial charge in [-0.1, -0.05) is 91.8 Å². The van der Waals surface area contributed by atoms with E-state index < -0.39 is 0 Å². The summed E-state index contributed by atoms with van der Waals surface area (Å²) in [7, 11) is -0.228. The van der Waals surface area contributed by atoms with Crippen LogP contribution in [-0.4, -0.2) is 19.5 Å². The Morgan fingerprint density at radius 2 is 1.00 bits per heavy atom. The van der Waals surface area contributed by atoms with E-state index in [1.165, 1.54) is 31.4 Å². The molecule has 0 aromatic heterocycles. The Bertz CT molecular complexity index is 1370. The summed E-state index contributed by atoms with van der Waals surface area (Å²) in [5.41, 5.74) is 4.26. The Hall–Kier alpha value is -3.21. The van der Waals surface area contributed by atoms with Crippen molar-refractivity contribution in [2.75, 3.05) is 13.2 Å². The third kappa shape index (κ3) is 9.15. The van der Waals surface area contributed by atoms with E-state index >= 15 is 0 Å². The van der Waals surface area contributed by atoms with Crippen molar-refractivity contribution in [1.82, 2.24) is 0 Å². The van der Waals surface area contributed by atoms with Crippen LogP contribution in [0.2, 0.25) is 0 Å². The van der Waals surface area contributed by atoms with E-state index in [0.717, 1.165) is 17.9 Å². The Morgan fingerprint density at radius 3 is 1.43 bits per heavy atom. The van der Waals surface area contributed by atoms with Gasteiger partial charge in [0.25, 0.3) is 0 Å². The summed E-state index contributed by atoms with van der Waals surface area (Å²) < 4.78 is 17.8. The molecule has 0 bridgehead atoms. The molecule has 0 saturated carbocycles. The lowest BCUT2D eigenvalue weighted by Crippen LogP contribution is -2.19. The molecule has 2 atom stereocenters. The molecule has 0 aliphatic carbocycles. The maximum atomic E-state index is 6.04. The van der Waals surface area contributed by atoms with Crippen molar-refractivity contribution in [2.45, 2.75) is 106 Å². The lowest BCUT2D eigenvalue weighted by atomic mass is 9.87. The molecular weight excluding hydrogens is 561 g/mol. The molecule has 44 heavy (non-hydrogen) atoms. The maximum absolute atomic E-state index is 6.04. The summed E-state index contributed by atoms with van der Waals surface area (Å²) in [6.45, 7) is 20.8. The van der Waals surface area contributed by atoms with Gasteiger partial charge in [-0.15, -0.1) is 0 Å². The van der Waals surface area contributed by atoms with Crippen molar-refractivity contribution in [3.8, 4) is 11.5 Å². The van der Waals surface area contributed by atoms with Gasteiger partial charge in [-0.25, -0.2) is 0 Å². The highest BCUT2D eigenvalue weighted by molar-refractivity contribution is 7.97. The zero-order valence-electron chi connectivity index (χ0n) is 28.1. The van der Waals surface area contributed by atoms with Gasteiger partial charge >= 0.3 is 0 Å². The predicted octanol–water partition coefficient (Wildman–Crippen LogP) is 10.7. The third-order valence-electron chi connectivity index (χ3n) is 8.04. The molecule has 2 unspecified atom stereocenters. The molecule has 4 aromatic rings. The fourth-order valence-corrected chi connectivity index (χ4v) is 7.01. The summed E-state index contributed by atoms with van der Waals surface area (Å²) in [5.74, 6) is 2.20. The minimum Gasteiger partial charge on any atom is -0.491 e. The second kappa shape index (κ2) is 14.7. The molecule has 0 radical (unpaired) electrons. The van der Waals surface area contributed by atoms with Crippen LogP contribution in [-0.2, 0) is 26.5 Å².